The topological polar surface area (TPSA) is 92.9 Å². The van der Waals surface area contributed by atoms with Gasteiger partial charge in [-0.25, -0.2) is 0 Å². The van der Waals surface area contributed by atoms with Crippen molar-refractivity contribution in [3.63, 3.8) is 0 Å². The first kappa shape index (κ1) is 17.2. The predicted octanol–water partition coefficient (Wildman–Crippen LogP) is 2.58. The van der Waals surface area contributed by atoms with E-state index in [2.05, 4.69) is 0 Å². The van der Waals surface area contributed by atoms with Gasteiger partial charge in [-0.15, -0.1) is 0 Å². The molecule has 1 aromatic carbocycles. The zero-order valence-electron chi connectivity index (χ0n) is 13.8. The third kappa shape index (κ3) is 2.88. The van der Waals surface area contributed by atoms with Crippen LogP contribution in [0.5, 0.6) is 5.75 Å². The van der Waals surface area contributed by atoms with Crippen LogP contribution < -0.4 is 0 Å². The number of nitro groups is 1. The van der Waals surface area contributed by atoms with Gasteiger partial charge in [-0.05, 0) is 19.4 Å². The van der Waals surface area contributed by atoms with Crippen LogP contribution in [0, 0.1) is 15.5 Å². The van der Waals surface area contributed by atoms with Crippen LogP contribution in [0.3, 0.4) is 0 Å². The Morgan fingerprint density at radius 3 is 2.70 bits per heavy atom. The minimum Gasteiger partial charge on any atom is -0.502 e. The van der Waals surface area contributed by atoms with E-state index in [0.717, 1.165) is 0 Å². The normalized spacial score (nSPS) is 22.3. The number of nitrogens with zero attached hydrogens (tertiary/aromatic N) is 2. The second-order valence-electron chi connectivity index (χ2n) is 6.36. The summed E-state index contributed by atoms with van der Waals surface area (Å²) in [7, 11) is 1.65. The Bertz CT molecular complexity index is 629. The number of aromatic hydroxyl groups is 1. The average molecular weight is 322 g/mol. The summed E-state index contributed by atoms with van der Waals surface area (Å²) in [6.45, 7) is 6.60. The molecule has 1 N–H and O–H groups in total. The van der Waals surface area contributed by atoms with E-state index in [1.807, 2.05) is 20.8 Å². The first-order valence-electron chi connectivity index (χ1n) is 7.56. The fourth-order valence-corrected chi connectivity index (χ4v) is 3.19. The van der Waals surface area contributed by atoms with Crippen LogP contribution in [0.2, 0.25) is 0 Å². The highest BCUT2D eigenvalue weighted by molar-refractivity contribution is 5.98. The number of hydrogen-bond acceptors (Lipinski definition) is 5. The zero-order chi connectivity index (χ0) is 17.4. The second kappa shape index (κ2) is 6.16. The lowest BCUT2D eigenvalue weighted by Gasteiger charge is -2.54. The van der Waals surface area contributed by atoms with E-state index >= 15 is 0 Å². The Morgan fingerprint density at radius 1 is 1.52 bits per heavy atom. The first-order valence-corrected chi connectivity index (χ1v) is 7.56. The summed E-state index contributed by atoms with van der Waals surface area (Å²) in [5.74, 6) is -1.02. The van der Waals surface area contributed by atoms with Crippen LogP contribution >= 0.6 is 0 Å². The van der Waals surface area contributed by atoms with Gasteiger partial charge in [-0.1, -0.05) is 19.9 Å². The van der Waals surface area contributed by atoms with Gasteiger partial charge in [-0.2, -0.15) is 0 Å². The van der Waals surface area contributed by atoms with Crippen molar-refractivity contribution in [2.45, 2.75) is 39.3 Å². The number of phenolic OH excluding ortho intramolecular Hbond substituents is 1. The molecule has 2 rings (SSSR count). The maximum Gasteiger partial charge on any atom is 0.311 e. The summed E-state index contributed by atoms with van der Waals surface area (Å²) in [6.07, 6.45) is 0.783. The molecule has 0 heterocycles. The highest BCUT2D eigenvalue weighted by Gasteiger charge is 2.52. The minimum atomic E-state index is -0.704. The molecular weight excluding hydrogens is 300 g/mol. The van der Waals surface area contributed by atoms with Crippen molar-refractivity contribution >= 4 is 11.6 Å². The molecule has 0 saturated heterocycles. The molecule has 7 nitrogen and oxygen atoms in total. The molecule has 1 saturated carbocycles. The van der Waals surface area contributed by atoms with Gasteiger partial charge in [0.1, 0.15) is 0 Å². The summed E-state index contributed by atoms with van der Waals surface area (Å²) in [5, 5.41) is 20.9. The summed E-state index contributed by atoms with van der Waals surface area (Å²) in [6, 6.07) is 3.91. The third-order valence-electron chi connectivity index (χ3n) is 4.72. The molecular formula is C16H22N2O5. The summed E-state index contributed by atoms with van der Waals surface area (Å²) < 4.78 is 5.66. The van der Waals surface area contributed by atoms with Crippen molar-refractivity contribution in [3.05, 3.63) is 33.9 Å². The van der Waals surface area contributed by atoms with Crippen LogP contribution in [0.25, 0.3) is 0 Å². The van der Waals surface area contributed by atoms with Crippen LogP contribution in [0.15, 0.2) is 18.2 Å². The van der Waals surface area contributed by atoms with E-state index in [9.17, 15) is 20.0 Å². The van der Waals surface area contributed by atoms with E-state index in [1.54, 1.807) is 7.05 Å². The average Bonchev–Trinajstić information content (AvgIpc) is 2.49. The van der Waals surface area contributed by atoms with Crippen molar-refractivity contribution in [1.82, 2.24) is 4.90 Å². The van der Waals surface area contributed by atoms with Gasteiger partial charge in [0.15, 0.2) is 0 Å². The fourth-order valence-electron chi connectivity index (χ4n) is 3.19. The largest absolute Gasteiger partial charge is 0.502 e. The SMILES string of the molecule is CCO[C@H]1C[C@@H](N(C)C(=O)c2cccc([N+](=O)[O-])c2O)C1(C)C. The number of carbonyl (C=O) groups excluding carboxylic acids is 1. The Morgan fingerprint density at radius 2 is 2.17 bits per heavy atom. The summed E-state index contributed by atoms with van der Waals surface area (Å²) in [5.41, 5.74) is -0.738. The predicted molar refractivity (Wildman–Crippen MR) is 84.5 cm³/mol. The smallest absolute Gasteiger partial charge is 0.311 e. The van der Waals surface area contributed by atoms with Crippen molar-refractivity contribution < 1.29 is 19.6 Å². The molecule has 1 aliphatic rings. The standard InChI is InChI=1S/C16H22N2O5/c1-5-23-13-9-12(16(13,2)3)17(4)15(20)10-7-6-8-11(14(10)19)18(21)22/h6-8,12-13,19H,5,9H2,1-4H3/t12-,13+/m1/s1. The molecule has 0 aromatic heterocycles. The van der Waals surface area contributed by atoms with Crippen LogP contribution in [0.1, 0.15) is 37.6 Å². The van der Waals surface area contributed by atoms with Crippen LogP contribution in [0.4, 0.5) is 5.69 Å². The van der Waals surface area contributed by atoms with Gasteiger partial charge in [0.25, 0.3) is 5.91 Å². The van der Waals surface area contributed by atoms with Crippen molar-refractivity contribution in [1.29, 1.82) is 0 Å². The molecule has 0 radical (unpaired) electrons. The van der Waals surface area contributed by atoms with E-state index in [4.69, 9.17) is 4.74 Å². The first-order chi connectivity index (χ1) is 10.7. The van der Waals surface area contributed by atoms with E-state index < -0.39 is 22.3 Å². The maximum absolute atomic E-state index is 12.6. The summed E-state index contributed by atoms with van der Waals surface area (Å²) in [4.78, 5) is 24.4. The van der Waals surface area contributed by atoms with Crippen molar-refractivity contribution in [2.75, 3.05) is 13.7 Å². The van der Waals surface area contributed by atoms with Crippen LogP contribution in [-0.4, -0.2) is 46.6 Å². The number of rotatable bonds is 5. The maximum atomic E-state index is 12.6. The van der Waals surface area contributed by atoms with E-state index in [-0.39, 0.29) is 23.1 Å². The van der Waals surface area contributed by atoms with Crippen molar-refractivity contribution in [3.8, 4) is 5.75 Å². The highest BCUT2D eigenvalue weighted by Crippen LogP contribution is 2.46. The molecule has 1 fully saturated rings. The fraction of sp³-hybridized carbons (Fsp3) is 0.562. The molecule has 1 amide bonds. The lowest BCUT2D eigenvalue weighted by molar-refractivity contribution is -0.385. The Hall–Kier alpha value is -2.15. The Labute approximate surface area is 135 Å². The van der Waals surface area contributed by atoms with Gasteiger partial charge in [0, 0.05) is 31.2 Å². The number of para-hydroxylation sites is 1. The molecule has 7 heteroatoms. The van der Waals surface area contributed by atoms with E-state index in [0.29, 0.717) is 13.0 Å². The number of carbonyl (C=O) groups is 1. The number of phenols is 1. The van der Waals surface area contributed by atoms with E-state index in [1.165, 1.54) is 23.1 Å². The number of nitro benzene ring substituents is 1. The van der Waals surface area contributed by atoms with Gasteiger partial charge in [0.2, 0.25) is 5.75 Å². The number of amides is 1. The van der Waals surface area contributed by atoms with Gasteiger partial charge < -0.3 is 14.7 Å². The molecule has 0 spiro atoms. The minimum absolute atomic E-state index is 0.0507. The molecule has 126 valence electrons. The monoisotopic (exact) mass is 322 g/mol. The zero-order valence-corrected chi connectivity index (χ0v) is 13.8. The molecule has 0 aliphatic heterocycles. The van der Waals surface area contributed by atoms with Gasteiger partial charge in [-0.3, -0.25) is 14.9 Å². The van der Waals surface area contributed by atoms with Crippen molar-refractivity contribution in [2.24, 2.45) is 5.41 Å². The highest BCUT2D eigenvalue weighted by atomic mass is 16.6. The Kier molecular flexibility index (Phi) is 4.61. The summed E-state index contributed by atoms with van der Waals surface area (Å²) >= 11 is 0. The molecule has 0 bridgehead atoms. The number of hydrogen-bond donors (Lipinski definition) is 1. The molecule has 1 aromatic rings. The lowest BCUT2D eigenvalue weighted by atomic mass is 9.63. The molecule has 23 heavy (non-hydrogen) atoms. The molecule has 0 unspecified atom stereocenters. The van der Waals surface area contributed by atoms with Gasteiger partial charge in [0.05, 0.1) is 16.6 Å². The quantitative estimate of drug-likeness (QED) is 0.664. The third-order valence-corrected chi connectivity index (χ3v) is 4.72. The number of benzene rings is 1. The van der Waals surface area contributed by atoms with Gasteiger partial charge >= 0.3 is 5.69 Å². The molecule has 1 aliphatic carbocycles. The van der Waals surface area contributed by atoms with Crippen LogP contribution in [-0.2, 0) is 4.74 Å². The second-order valence-corrected chi connectivity index (χ2v) is 6.36. The molecule has 2 atom stereocenters. The lowest BCUT2D eigenvalue weighted by Crippen LogP contribution is -2.62. The number of ether oxygens (including phenoxy) is 1. The Balaban J connectivity index is 2.22.